The van der Waals surface area contributed by atoms with Crippen molar-refractivity contribution in [2.45, 2.75) is 6.61 Å². The van der Waals surface area contributed by atoms with E-state index in [1.165, 1.54) is 0 Å². The minimum atomic E-state index is -0.264. The van der Waals surface area contributed by atoms with Crippen LogP contribution in [0.3, 0.4) is 0 Å². The molecule has 0 atom stereocenters. The van der Waals surface area contributed by atoms with Crippen LogP contribution in [0.1, 0.15) is 15.9 Å². The number of aromatic nitrogens is 2. The Hall–Kier alpha value is -3.18. The van der Waals surface area contributed by atoms with E-state index in [-0.39, 0.29) is 12.5 Å². The number of hydrogen-bond acceptors (Lipinski definition) is 3. The third-order valence-corrected chi connectivity index (χ3v) is 3.93. The molecule has 1 amide bonds. The number of para-hydroxylation sites is 1. The number of nitrogens with one attached hydrogen (secondary N) is 2. The lowest BCUT2D eigenvalue weighted by Gasteiger charge is -2.07. The molecule has 0 aliphatic heterocycles. The van der Waals surface area contributed by atoms with Gasteiger partial charge < -0.3 is 4.98 Å². The maximum absolute atomic E-state index is 12.5. The maximum atomic E-state index is 12.5. The van der Waals surface area contributed by atoms with Crippen molar-refractivity contribution >= 4 is 27.7 Å². The van der Waals surface area contributed by atoms with Crippen LogP contribution in [-0.4, -0.2) is 15.9 Å². The van der Waals surface area contributed by atoms with Crippen molar-refractivity contribution in [3.63, 3.8) is 0 Å². The van der Waals surface area contributed by atoms with Gasteiger partial charge in [-0.3, -0.25) is 14.6 Å². The summed E-state index contributed by atoms with van der Waals surface area (Å²) in [5.41, 5.74) is 5.98. The Balaban J connectivity index is 1.60. The fourth-order valence-electron chi connectivity index (χ4n) is 2.81. The lowest BCUT2D eigenvalue weighted by atomic mass is 10.1. The van der Waals surface area contributed by atoms with Crippen molar-refractivity contribution in [1.29, 1.82) is 0 Å². The van der Waals surface area contributed by atoms with E-state index in [2.05, 4.69) is 15.4 Å². The molecule has 2 N–H and O–H groups in total. The molecular formula is C19H15N3O2. The molecule has 0 aliphatic rings. The minimum absolute atomic E-state index is 0.264. The topological polar surface area (TPSA) is 67.0 Å². The normalized spacial score (nSPS) is 11.0. The predicted molar refractivity (Wildman–Crippen MR) is 92.3 cm³/mol. The number of H-pyrrole nitrogens is 1. The van der Waals surface area contributed by atoms with E-state index in [1.54, 1.807) is 18.5 Å². The second kappa shape index (κ2) is 6.14. The number of nitrogens with zero attached hydrogens (tertiary/aromatic N) is 1. The van der Waals surface area contributed by atoms with Crippen LogP contribution >= 0.6 is 0 Å². The van der Waals surface area contributed by atoms with Crippen molar-refractivity contribution in [3.8, 4) is 0 Å². The minimum Gasteiger partial charge on any atom is -0.354 e. The summed E-state index contributed by atoms with van der Waals surface area (Å²) in [5.74, 6) is -0.264. The number of benzene rings is 2. The number of carbonyl (C=O) groups is 1. The van der Waals surface area contributed by atoms with Crippen molar-refractivity contribution in [2.24, 2.45) is 0 Å². The standard InChI is InChI=1S/C19H15N3O2/c23-19(22-24-12-13-8-10-20-11-9-13)15-5-3-7-17-18(15)14-4-1-2-6-16(14)21-17/h1-11,21H,12H2,(H,22,23). The largest absolute Gasteiger partial charge is 0.354 e. The van der Waals surface area contributed by atoms with Gasteiger partial charge in [0.15, 0.2) is 0 Å². The number of aromatic amines is 1. The van der Waals surface area contributed by atoms with Crippen molar-refractivity contribution in [2.75, 3.05) is 0 Å². The molecule has 4 aromatic rings. The summed E-state index contributed by atoms with van der Waals surface area (Å²) in [4.78, 5) is 25.1. The van der Waals surface area contributed by atoms with Crippen molar-refractivity contribution in [3.05, 3.63) is 78.1 Å². The van der Waals surface area contributed by atoms with Gasteiger partial charge in [0.25, 0.3) is 5.91 Å². The van der Waals surface area contributed by atoms with Gasteiger partial charge in [0.2, 0.25) is 0 Å². The molecule has 0 fully saturated rings. The van der Waals surface area contributed by atoms with Crippen molar-refractivity contribution in [1.82, 2.24) is 15.4 Å². The Morgan fingerprint density at radius 3 is 2.67 bits per heavy atom. The van der Waals surface area contributed by atoms with Crippen LogP contribution in [0.15, 0.2) is 67.0 Å². The first-order valence-corrected chi connectivity index (χ1v) is 7.63. The number of hydroxylamine groups is 1. The highest BCUT2D eigenvalue weighted by atomic mass is 16.6. The molecule has 5 heteroatoms. The molecule has 0 unspecified atom stereocenters. The van der Waals surface area contributed by atoms with Crippen LogP contribution < -0.4 is 5.48 Å². The fraction of sp³-hybridized carbons (Fsp3) is 0.0526. The summed E-state index contributed by atoms with van der Waals surface area (Å²) in [6, 6.07) is 17.2. The smallest absolute Gasteiger partial charge is 0.275 e. The van der Waals surface area contributed by atoms with Crippen LogP contribution in [0.25, 0.3) is 21.8 Å². The van der Waals surface area contributed by atoms with Crippen LogP contribution in [-0.2, 0) is 11.4 Å². The second-order valence-electron chi connectivity index (χ2n) is 5.47. The predicted octanol–water partition coefficient (Wildman–Crippen LogP) is 3.58. The summed E-state index contributed by atoms with van der Waals surface area (Å²) in [6.07, 6.45) is 3.38. The van der Waals surface area contributed by atoms with Crippen LogP contribution in [0.5, 0.6) is 0 Å². The first kappa shape index (κ1) is 14.4. The summed E-state index contributed by atoms with van der Waals surface area (Å²) >= 11 is 0. The molecule has 24 heavy (non-hydrogen) atoms. The third-order valence-electron chi connectivity index (χ3n) is 3.93. The maximum Gasteiger partial charge on any atom is 0.275 e. The molecule has 0 saturated heterocycles. The number of fused-ring (bicyclic) bond motifs is 3. The van der Waals surface area contributed by atoms with Gasteiger partial charge in [-0.05, 0) is 35.9 Å². The average Bonchev–Trinajstić information content (AvgIpc) is 3.01. The van der Waals surface area contributed by atoms with Gasteiger partial charge in [-0.15, -0.1) is 0 Å². The molecule has 0 radical (unpaired) electrons. The SMILES string of the molecule is O=C(NOCc1ccncc1)c1cccc2[nH]c3ccccc3c12. The Morgan fingerprint density at radius 1 is 1.00 bits per heavy atom. The molecule has 0 spiro atoms. The first-order valence-electron chi connectivity index (χ1n) is 7.63. The lowest BCUT2D eigenvalue weighted by molar-refractivity contribution is 0.0235. The van der Waals surface area contributed by atoms with Gasteiger partial charge in [-0.25, -0.2) is 5.48 Å². The number of pyridine rings is 1. The molecule has 0 aliphatic carbocycles. The highest BCUT2D eigenvalue weighted by Crippen LogP contribution is 2.28. The lowest BCUT2D eigenvalue weighted by Crippen LogP contribution is -2.23. The summed E-state index contributed by atoms with van der Waals surface area (Å²) < 4.78 is 0. The van der Waals surface area contributed by atoms with Gasteiger partial charge in [-0.1, -0.05) is 24.3 Å². The third kappa shape index (κ3) is 2.61. The zero-order chi connectivity index (χ0) is 16.4. The van der Waals surface area contributed by atoms with Crippen LogP contribution in [0.2, 0.25) is 0 Å². The molecule has 2 heterocycles. The number of rotatable bonds is 4. The summed E-state index contributed by atoms with van der Waals surface area (Å²) in [7, 11) is 0. The highest BCUT2D eigenvalue weighted by Gasteiger charge is 2.14. The Labute approximate surface area is 138 Å². The molecule has 118 valence electrons. The highest BCUT2D eigenvalue weighted by molar-refractivity contribution is 6.17. The van der Waals surface area contributed by atoms with E-state index in [0.717, 1.165) is 27.4 Å². The Morgan fingerprint density at radius 2 is 1.79 bits per heavy atom. The molecular weight excluding hydrogens is 302 g/mol. The van der Waals surface area contributed by atoms with Gasteiger partial charge in [-0.2, -0.15) is 0 Å². The zero-order valence-electron chi connectivity index (χ0n) is 12.8. The Bertz CT molecular complexity index is 1010. The van der Waals surface area contributed by atoms with Crippen molar-refractivity contribution < 1.29 is 9.63 Å². The van der Waals surface area contributed by atoms with E-state index >= 15 is 0 Å². The van der Waals surface area contributed by atoms with Gasteiger partial charge in [0.1, 0.15) is 0 Å². The molecule has 0 saturated carbocycles. The average molecular weight is 317 g/mol. The van der Waals surface area contributed by atoms with Gasteiger partial charge in [0.05, 0.1) is 12.2 Å². The van der Waals surface area contributed by atoms with Crippen LogP contribution in [0.4, 0.5) is 0 Å². The Kier molecular flexibility index (Phi) is 3.69. The second-order valence-corrected chi connectivity index (χ2v) is 5.47. The van der Waals surface area contributed by atoms with E-state index in [0.29, 0.717) is 5.56 Å². The molecule has 5 nitrogen and oxygen atoms in total. The zero-order valence-corrected chi connectivity index (χ0v) is 12.8. The van der Waals surface area contributed by atoms with E-state index in [9.17, 15) is 4.79 Å². The molecule has 4 rings (SSSR count). The first-order chi connectivity index (χ1) is 11.8. The fourth-order valence-corrected chi connectivity index (χ4v) is 2.81. The number of carbonyl (C=O) groups excluding carboxylic acids is 1. The monoisotopic (exact) mass is 317 g/mol. The van der Waals surface area contributed by atoms with Gasteiger partial charge in [0, 0.05) is 34.2 Å². The molecule has 0 bridgehead atoms. The quantitative estimate of drug-likeness (QED) is 0.565. The number of amides is 1. The van der Waals surface area contributed by atoms with Gasteiger partial charge >= 0.3 is 0 Å². The van der Waals surface area contributed by atoms with E-state index in [1.807, 2.05) is 48.5 Å². The molecule has 2 aromatic heterocycles. The van der Waals surface area contributed by atoms with E-state index < -0.39 is 0 Å². The van der Waals surface area contributed by atoms with Crippen LogP contribution in [0, 0.1) is 0 Å². The number of hydrogen-bond donors (Lipinski definition) is 2. The molecule has 2 aromatic carbocycles. The summed E-state index contributed by atoms with van der Waals surface area (Å²) in [6.45, 7) is 0.290. The summed E-state index contributed by atoms with van der Waals surface area (Å²) in [5, 5.41) is 1.92. The van der Waals surface area contributed by atoms with E-state index in [4.69, 9.17) is 4.84 Å².